The number of carbonyl (C=O) groups excluding carboxylic acids is 1. The van der Waals surface area contributed by atoms with E-state index in [2.05, 4.69) is 24.4 Å². The van der Waals surface area contributed by atoms with Crippen LogP contribution in [0, 0.1) is 20.8 Å². The molecule has 0 saturated heterocycles. The van der Waals surface area contributed by atoms with Crippen molar-refractivity contribution in [2.45, 2.75) is 47.2 Å². The molecule has 4 rings (SSSR count). The van der Waals surface area contributed by atoms with Gasteiger partial charge in [-0.25, -0.2) is 9.79 Å². The maximum atomic E-state index is 13.7. The third kappa shape index (κ3) is 4.73. The van der Waals surface area contributed by atoms with Gasteiger partial charge in [0.25, 0.3) is 0 Å². The van der Waals surface area contributed by atoms with Crippen LogP contribution in [0.1, 0.15) is 29.2 Å². The molecule has 35 heavy (non-hydrogen) atoms. The molecular weight excluding hydrogens is 444 g/mol. The van der Waals surface area contributed by atoms with Crippen LogP contribution in [-0.2, 0) is 24.3 Å². The maximum absolute atomic E-state index is 13.7. The third-order valence-electron chi connectivity index (χ3n) is 6.36. The highest BCUT2D eigenvalue weighted by atomic mass is 16.5. The largest absolute Gasteiger partial charge is 0.493 e. The third-order valence-corrected chi connectivity index (χ3v) is 6.36. The molecule has 0 saturated carbocycles. The van der Waals surface area contributed by atoms with Crippen molar-refractivity contribution in [1.82, 2.24) is 14.5 Å². The Morgan fingerprint density at radius 1 is 1.03 bits per heavy atom. The maximum Gasteiger partial charge on any atom is 0.330 e. The van der Waals surface area contributed by atoms with E-state index >= 15 is 0 Å². The van der Waals surface area contributed by atoms with Crippen molar-refractivity contribution >= 4 is 11.6 Å². The van der Waals surface area contributed by atoms with Crippen molar-refractivity contribution < 1.29 is 14.3 Å². The van der Waals surface area contributed by atoms with Gasteiger partial charge in [0.2, 0.25) is 5.91 Å². The lowest BCUT2D eigenvalue weighted by molar-refractivity contribution is -0.118. The highest BCUT2D eigenvalue weighted by Gasteiger charge is 2.22. The first kappa shape index (κ1) is 24.3. The van der Waals surface area contributed by atoms with Gasteiger partial charge >= 0.3 is 5.69 Å². The summed E-state index contributed by atoms with van der Waals surface area (Å²) in [6.45, 7) is 8.77. The average molecular weight is 477 g/mol. The first-order valence-corrected chi connectivity index (χ1v) is 11.7. The number of nitrogens with zero attached hydrogens (tertiary/aromatic N) is 3. The molecule has 8 nitrogen and oxygen atoms in total. The summed E-state index contributed by atoms with van der Waals surface area (Å²) < 4.78 is 14.4. The summed E-state index contributed by atoms with van der Waals surface area (Å²) in [6.07, 6.45) is 0.695. The molecule has 3 aromatic rings. The van der Waals surface area contributed by atoms with E-state index in [1.54, 1.807) is 23.4 Å². The van der Waals surface area contributed by atoms with Gasteiger partial charge in [0.05, 0.1) is 25.6 Å². The number of rotatable bonds is 6. The number of benzene rings is 2. The zero-order chi connectivity index (χ0) is 25.3. The topological polar surface area (TPSA) is 86.8 Å². The number of hydrogen-bond acceptors (Lipinski definition) is 5. The van der Waals surface area contributed by atoms with Gasteiger partial charge < -0.3 is 14.8 Å². The number of hydrogen-bond donors (Lipinski definition) is 1. The lowest BCUT2D eigenvalue weighted by Crippen LogP contribution is -2.44. The second-order valence-electron chi connectivity index (χ2n) is 8.93. The minimum absolute atomic E-state index is 0.137. The van der Waals surface area contributed by atoms with Crippen molar-refractivity contribution in [1.29, 1.82) is 0 Å². The van der Waals surface area contributed by atoms with Crippen LogP contribution in [0.5, 0.6) is 11.5 Å². The SMILES string of the molecule is COc1cc2c(cc1OC)-c1cc(=Nc3c(C)cc(C)cc3C)n(CCNC(C)=O)c(=O)n1CC2. The fraction of sp³-hybridized carbons (Fsp3) is 0.370. The van der Waals surface area contributed by atoms with E-state index in [0.29, 0.717) is 43.0 Å². The second-order valence-corrected chi connectivity index (χ2v) is 8.93. The minimum Gasteiger partial charge on any atom is -0.493 e. The van der Waals surface area contributed by atoms with E-state index < -0.39 is 0 Å². The van der Waals surface area contributed by atoms with E-state index in [1.807, 2.05) is 32.0 Å². The number of nitrogens with one attached hydrogen (secondary N) is 1. The fourth-order valence-corrected chi connectivity index (χ4v) is 4.77. The molecule has 8 heteroatoms. The molecule has 0 fully saturated rings. The molecule has 1 aromatic heterocycles. The molecule has 1 amide bonds. The van der Waals surface area contributed by atoms with Crippen molar-refractivity contribution in [3.05, 3.63) is 68.6 Å². The molecule has 0 radical (unpaired) electrons. The predicted octanol–water partition coefficient (Wildman–Crippen LogP) is 3.18. The van der Waals surface area contributed by atoms with Crippen LogP contribution < -0.4 is 26.0 Å². The van der Waals surface area contributed by atoms with Gasteiger partial charge in [-0.05, 0) is 56.0 Å². The molecule has 0 unspecified atom stereocenters. The van der Waals surface area contributed by atoms with Crippen molar-refractivity contribution in [2.75, 3.05) is 20.8 Å². The van der Waals surface area contributed by atoms with Crippen LogP contribution in [0.3, 0.4) is 0 Å². The standard InChI is InChI=1S/C27H32N4O4/c1-16-11-17(2)26(18(3)12-16)29-25-15-22-21-14-24(35-6)23(34-5)13-20(21)7-9-30(22)27(33)31(25)10-8-28-19(4)32/h11-15H,7-10H2,1-6H3,(H,28,32). The molecule has 1 aliphatic rings. The molecule has 1 N–H and O–H groups in total. The Kier molecular flexibility index (Phi) is 6.82. The normalized spacial score (nSPS) is 12.7. The summed E-state index contributed by atoms with van der Waals surface area (Å²) in [6, 6.07) is 10.0. The molecule has 184 valence electrons. The Bertz CT molecular complexity index is 1410. The van der Waals surface area contributed by atoms with Gasteiger partial charge in [-0.15, -0.1) is 0 Å². The highest BCUT2D eigenvalue weighted by Crippen LogP contribution is 2.37. The van der Waals surface area contributed by atoms with Gasteiger partial charge in [-0.3, -0.25) is 13.9 Å². The Balaban J connectivity index is 1.98. The van der Waals surface area contributed by atoms with E-state index in [9.17, 15) is 9.59 Å². The second kappa shape index (κ2) is 9.82. The number of amides is 1. The van der Waals surface area contributed by atoms with E-state index in [1.165, 1.54) is 6.92 Å². The van der Waals surface area contributed by atoms with E-state index in [0.717, 1.165) is 39.2 Å². The molecular formula is C27H32N4O4. The number of ether oxygens (including phenoxy) is 2. The lowest BCUT2D eigenvalue weighted by atomic mass is 9.97. The molecule has 0 bridgehead atoms. The first-order valence-electron chi connectivity index (χ1n) is 11.7. The number of methoxy groups -OCH3 is 2. The van der Waals surface area contributed by atoms with Crippen molar-refractivity contribution in [3.63, 3.8) is 0 Å². The van der Waals surface area contributed by atoms with Gasteiger partial charge in [0.15, 0.2) is 11.5 Å². The van der Waals surface area contributed by atoms with Gasteiger partial charge in [-0.1, -0.05) is 17.7 Å². The molecule has 0 aliphatic carbocycles. The summed E-state index contributed by atoms with van der Waals surface area (Å²) in [5, 5.41) is 2.79. The molecule has 2 aromatic carbocycles. The van der Waals surface area contributed by atoms with Crippen LogP contribution in [-0.4, -0.2) is 35.8 Å². The summed E-state index contributed by atoms with van der Waals surface area (Å²) >= 11 is 0. The number of aromatic nitrogens is 2. The zero-order valence-electron chi connectivity index (χ0n) is 21.2. The van der Waals surface area contributed by atoms with Crippen LogP contribution in [0.25, 0.3) is 11.3 Å². The fourth-order valence-electron chi connectivity index (χ4n) is 4.77. The molecule has 2 heterocycles. The van der Waals surface area contributed by atoms with Crippen molar-refractivity contribution in [2.24, 2.45) is 4.99 Å². The van der Waals surface area contributed by atoms with E-state index in [4.69, 9.17) is 14.5 Å². The van der Waals surface area contributed by atoms with Gasteiger partial charge in [0, 0.05) is 38.2 Å². The van der Waals surface area contributed by atoms with Crippen LogP contribution in [0.15, 0.2) is 40.1 Å². The van der Waals surface area contributed by atoms with Crippen LogP contribution in [0.2, 0.25) is 0 Å². The summed E-state index contributed by atoms with van der Waals surface area (Å²) in [7, 11) is 3.22. The Hall–Kier alpha value is -3.81. The number of aryl methyl sites for hydroxylation is 4. The van der Waals surface area contributed by atoms with E-state index in [-0.39, 0.29) is 11.6 Å². The van der Waals surface area contributed by atoms with Crippen molar-refractivity contribution in [3.8, 4) is 22.8 Å². The summed E-state index contributed by atoms with van der Waals surface area (Å²) in [5.41, 5.74) is 7.28. The quantitative estimate of drug-likeness (QED) is 0.592. The first-order chi connectivity index (χ1) is 16.7. The number of fused-ring (bicyclic) bond motifs is 3. The Morgan fingerprint density at radius 2 is 1.69 bits per heavy atom. The molecule has 1 aliphatic heterocycles. The van der Waals surface area contributed by atoms with Crippen LogP contribution in [0.4, 0.5) is 5.69 Å². The smallest absolute Gasteiger partial charge is 0.330 e. The summed E-state index contributed by atoms with van der Waals surface area (Å²) in [4.78, 5) is 30.1. The van der Waals surface area contributed by atoms with Gasteiger partial charge in [0.1, 0.15) is 5.49 Å². The average Bonchev–Trinajstić information content (AvgIpc) is 2.81. The summed E-state index contributed by atoms with van der Waals surface area (Å²) in [5.74, 6) is 1.14. The molecule has 0 atom stereocenters. The van der Waals surface area contributed by atoms with Gasteiger partial charge in [-0.2, -0.15) is 0 Å². The lowest BCUT2D eigenvalue weighted by Gasteiger charge is -2.24. The van der Waals surface area contributed by atoms with Crippen LogP contribution >= 0.6 is 0 Å². The Labute approximate surface area is 204 Å². The molecule has 0 spiro atoms. The highest BCUT2D eigenvalue weighted by molar-refractivity contribution is 5.72. The Morgan fingerprint density at radius 3 is 2.31 bits per heavy atom. The minimum atomic E-state index is -0.158. The monoisotopic (exact) mass is 476 g/mol. The zero-order valence-corrected chi connectivity index (χ0v) is 21.2. The predicted molar refractivity (Wildman–Crippen MR) is 135 cm³/mol. The number of carbonyl (C=O) groups is 1.